The molecule has 9 nitrogen and oxygen atoms in total. The van der Waals surface area contributed by atoms with Crippen molar-refractivity contribution in [2.75, 3.05) is 13.7 Å². The number of benzene rings is 2. The lowest BCUT2D eigenvalue weighted by atomic mass is 10.1. The molecule has 2 rings (SSSR count). The summed E-state index contributed by atoms with van der Waals surface area (Å²) < 4.78 is 10.6. The van der Waals surface area contributed by atoms with Gasteiger partial charge in [-0.2, -0.15) is 0 Å². The van der Waals surface area contributed by atoms with Gasteiger partial charge in [-0.3, -0.25) is 19.7 Å². The van der Waals surface area contributed by atoms with E-state index in [0.717, 1.165) is 17.5 Å². The molecule has 1 N–H and O–H groups in total. The van der Waals surface area contributed by atoms with E-state index in [-0.39, 0.29) is 48.2 Å². The van der Waals surface area contributed by atoms with Crippen LogP contribution in [0.5, 0.6) is 11.5 Å². The normalized spacial score (nSPS) is 12.4. The van der Waals surface area contributed by atoms with Crippen LogP contribution in [0.25, 0.3) is 0 Å². The lowest BCUT2D eigenvalue weighted by Crippen LogP contribution is -2.50. The van der Waals surface area contributed by atoms with Crippen LogP contribution in [-0.4, -0.2) is 47.4 Å². The Hall–Kier alpha value is -3.62. The molecule has 0 heterocycles. The standard InChI is InChI=1S/C24H31N3O6/c1-6-17(3)25-24(29)18(4)26(14-19-10-8-7-9-16(19)2)23(28)15-33-20-11-12-21(27(30)31)22(13-20)32-5/h7-13,17-18H,6,14-15H2,1-5H3,(H,25,29)/t17-,18+/m1/s1. The molecule has 2 aromatic rings. The van der Waals surface area contributed by atoms with Crippen LogP contribution < -0.4 is 14.8 Å². The molecule has 2 atom stereocenters. The molecular weight excluding hydrogens is 426 g/mol. The Morgan fingerprint density at radius 3 is 2.48 bits per heavy atom. The van der Waals surface area contributed by atoms with Crippen LogP contribution in [-0.2, 0) is 16.1 Å². The van der Waals surface area contributed by atoms with Gasteiger partial charge in [0.2, 0.25) is 11.7 Å². The van der Waals surface area contributed by atoms with E-state index in [9.17, 15) is 19.7 Å². The smallest absolute Gasteiger partial charge is 0.311 e. The van der Waals surface area contributed by atoms with E-state index in [2.05, 4.69) is 5.32 Å². The SMILES string of the molecule is CC[C@@H](C)NC(=O)[C@H](C)N(Cc1ccccc1C)C(=O)COc1ccc([N+](=O)[O-])c(OC)c1. The number of amides is 2. The third kappa shape index (κ3) is 6.93. The molecule has 0 fully saturated rings. The monoisotopic (exact) mass is 457 g/mol. The summed E-state index contributed by atoms with van der Waals surface area (Å²) in [4.78, 5) is 37.9. The van der Waals surface area contributed by atoms with Crippen molar-refractivity contribution < 1.29 is 24.0 Å². The number of hydrogen-bond acceptors (Lipinski definition) is 6. The number of ether oxygens (including phenoxy) is 2. The fraction of sp³-hybridized carbons (Fsp3) is 0.417. The first-order valence-electron chi connectivity index (χ1n) is 10.8. The van der Waals surface area contributed by atoms with Crippen LogP contribution in [0.3, 0.4) is 0 Å². The van der Waals surface area contributed by atoms with Crippen LogP contribution in [0.2, 0.25) is 0 Å². The highest BCUT2D eigenvalue weighted by Gasteiger charge is 2.27. The topological polar surface area (TPSA) is 111 Å². The van der Waals surface area contributed by atoms with Gasteiger partial charge in [-0.25, -0.2) is 0 Å². The molecule has 2 aromatic carbocycles. The molecule has 0 aliphatic heterocycles. The van der Waals surface area contributed by atoms with Crippen molar-refractivity contribution in [2.24, 2.45) is 0 Å². The van der Waals surface area contributed by atoms with Crippen molar-refractivity contribution in [3.63, 3.8) is 0 Å². The minimum Gasteiger partial charge on any atom is -0.490 e. The Balaban J connectivity index is 2.21. The number of carbonyl (C=O) groups excluding carboxylic acids is 2. The molecule has 178 valence electrons. The van der Waals surface area contributed by atoms with Crippen molar-refractivity contribution in [3.8, 4) is 11.5 Å². The van der Waals surface area contributed by atoms with Crippen molar-refractivity contribution in [3.05, 3.63) is 63.7 Å². The predicted molar refractivity (Wildman–Crippen MR) is 124 cm³/mol. The number of nitrogens with one attached hydrogen (secondary N) is 1. The van der Waals surface area contributed by atoms with E-state index in [0.29, 0.717) is 0 Å². The van der Waals surface area contributed by atoms with Crippen LogP contribution >= 0.6 is 0 Å². The molecular formula is C24H31N3O6. The van der Waals surface area contributed by atoms with Crippen LogP contribution in [0.4, 0.5) is 5.69 Å². The van der Waals surface area contributed by atoms with Crippen molar-refractivity contribution in [2.45, 2.75) is 52.7 Å². The summed E-state index contributed by atoms with van der Waals surface area (Å²) in [6, 6.07) is 10.9. The van der Waals surface area contributed by atoms with Crippen LogP contribution in [0, 0.1) is 17.0 Å². The molecule has 0 saturated heterocycles. The largest absolute Gasteiger partial charge is 0.490 e. The summed E-state index contributed by atoms with van der Waals surface area (Å²) in [5.74, 6) is -0.355. The van der Waals surface area contributed by atoms with Gasteiger partial charge in [-0.15, -0.1) is 0 Å². The molecule has 2 amide bonds. The van der Waals surface area contributed by atoms with Gasteiger partial charge in [0, 0.05) is 24.7 Å². The van der Waals surface area contributed by atoms with Crippen molar-refractivity contribution in [1.82, 2.24) is 10.2 Å². The molecule has 0 bridgehead atoms. The van der Waals surface area contributed by atoms with Gasteiger partial charge in [-0.05, 0) is 44.4 Å². The zero-order chi connectivity index (χ0) is 24.5. The maximum atomic E-state index is 13.1. The number of methoxy groups -OCH3 is 1. The number of nitro groups is 1. The van der Waals surface area contributed by atoms with Gasteiger partial charge in [-0.1, -0.05) is 31.2 Å². The van der Waals surface area contributed by atoms with Crippen molar-refractivity contribution in [1.29, 1.82) is 0 Å². The zero-order valence-corrected chi connectivity index (χ0v) is 19.7. The summed E-state index contributed by atoms with van der Waals surface area (Å²) in [7, 11) is 1.32. The van der Waals surface area contributed by atoms with Crippen LogP contribution in [0.1, 0.15) is 38.3 Å². The van der Waals surface area contributed by atoms with E-state index in [1.54, 1.807) is 6.92 Å². The number of nitro benzene ring substituents is 1. The van der Waals surface area contributed by atoms with Gasteiger partial charge in [0.25, 0.3) is 5.91 Å². The fourth-order valence-corrected chi connectivity index (χ4v) is 3.15. The highest BCUT2D eigenvalue weighted by Crippen LogP contribution is 2.30. The Labute approximate surface area is 193 Å². The molecule has 0 saturated carbocycles. The summed E-state index contributed by atoms with van der Waals surface area (Å²) in [5, 5.41) is 14.0. The molecule has 0 unspecified atom stereocenters. The third-order valence-electron chi connectivity index (χ3n) is 5.48. The summed E-state index contributed by atoms with van der Waals surface area (Å²) in [6.07, 6.45) is 0.773. The van der Waals surface area contributed by atoms with E-state index in [1.165, 1.54) is 30.2 Å². The number of carbonyl (C=O) groups is 2. The summed E-state index contributed by atoms with van der Waals surface area (Å²) >= 11 is 0. The van der Waals surface area contributed by atoms with Gasteiger partial charge >= 0.3 is 5.69 Å². The Bertz CT molecular complexity index is 994. The molecule has 0 aliphatic carbocycles. The lowest BCUT2D eigenvalue weighted by molar-refractivity contribution is -0.385. The average Bonchev–Trinajstić information content (AvgIpc) is 2.80. The summed E-state index contributed by atoms with van der Waals surface area (Å²) in [6.45, 7) is 7.41. The lowest BCUT2D eigenvalue weighted by Gasteiger charge is -2.30. The second-order valence-corrected chi connectivity index (χ2v) is 7.82. The van der Waals surface area contributed by atoms with E-state index < -0.39 is 11.0 Å². The Morgan fingerprint density at radius 1 is 1.18 bits per heavy atom. The molecule has 33 heavy (non-hydrogen) atoms. The minimum absolute atomic E-state index is 0.0146. The first-order chi connectivity index (χ1) is 15.7. The second-order valence-electron chi connectivity index (χ2n) is 7.82. The highest BCUT2D eigenvalue weighted by molar-refractivity contribution is 5.88. The first kappa shape index (κ1) is 25.6. The molecule has 0 radical (unpaired) electrons. The highest BCUT2D eigenvalue weighted by atomic mass is 16.6. The van der Waals surface area contributed by atoms with Gasteiger partial charge in [0.1, 0.15) is 11.8 Å². The average molecular weight is 458 g/mol. The molecule has 0 spiro atoms. The molecule has 0 aliphatic rings. The van der Waals surface area contributed by atoms with Crippen LogP contribution in [0.15, 0.2) is 42.5 Å². The predicted octanol–water partition coefficient (Wildman–Crippen LogP) is 3.62. The second kappa shape index (κ2) is 11.8. The van der Waals surface area contributed by atoms with Gasteiger partial charge < -0.3 is 19.7 Å². The van der Waals surface area contributed by atoms with Gasteiger partial charge in [0.15, 0.2) is 6.61 Å². The quantitative estimate of drug-likeness (QED) is 0.408. The molecule has 0 aromatic heterocycles. The van der Waals surface area contributed by atoms with E-state index in [1.807, 2.05) is 45.0 Å². The Kier molecular flexibility index (Phi) is 9.20. The van der Waals surface area contributed by atoms with E-state index >= 15 is 0 Å². The van der Waals surface area contributed by atoms with Crippen molar-refractivity contribution >= 4 is 17.5 Å². The molecule has 9 heteroatoms. The first-order valence-corrected chi connectivity index (χ1v) is 10.8. The maximum absolute atomic E-state index is 13.1. The number of aryl methyl sites for hydroxylation is 1. The number of nitrogens with zero attached hydrogens (tertiary/aromatic N) is 2. The maximum Gasteiger partial charge on any atom is 0.311 e. The van der Waals surface area contributed by atoms with E-state index in [4.69, 9.17) is 9.47 Å². The number of rotatable bonds is 11. The third-order valence-corrected chi connectivity index (χ3v) is 5.48. The number of hydrogen-bond donors (Lipinski definition) is 1. The van der Waals surface area contributed by atoms with Gasteiger partial charge in [0.05, 0.1) is 12.0 Å². The zero-order valence-electron chi connectivity index (χ0n) is 19.7. The Morgan fingerprint density at radius 2 is 1.88 bits per heavy atom. The fourth-order valence-electron chi connectivity index (χ4n) is 3.15. The summed E-state index contributed by atoms with van der Waals surface area (Å²) in [5.41, 5.74) is 1.73. The minimum atomic E-state index is -0.721.